The average molecular weight is 549 g/mol. The van der Waals surface area contributed by atoms with Crippen molar-refractivity contribution in [2.24, 2.45) is 0 Å². The van der Waals surface area contributed by atoms with Crippen molar-refractivity contribution in [1.82, 2.24) is 10.2 Å². The van der Waals surface area contributed by atoms with Crippen LogP contribution in [0.15, 0.2) is 66.4 Å². The molecule has 184 valence electrons. The molecule has 7 nitrogen and oxygen atoms in total. The SMILES string of the molecule is O=C(CN1C(=O)N/C(=C/c2cc(Cl)c(OCc3ccccc3Cl)c(Cl)c2)C1=O)Nc1ccccc1F. The number of nitrogens with one attached hydrogen (secondary N) is 2. The molecule has 0 atom stereocenters. The number of carbonyl (C=O) groups is 3. The van der Waals surface area contributed by atoms with Crippen molar-refractivity contribution in [3.8, 4) is 5.75 Å². The molecule has 0 saturated carbocycles. The van der Waals surface area contributed by atoms with Crippen molar-refractivity contribution in [3.05, 3.63) is 98.4 Å². The van der Waals surface area contributed by atoms with Gasteiger partial charge in [-0.15, -0.1) is 0 Å². The highest BCUT2D eigenvalue weighted by Gasteiger charge is 2.35. The van der Waals surface area contributed by atoms with E-state index in [4.69, 9.17) is 39.5 Å². The molecule has 36 heavy (non-hydrogen) atoms. The van der Waals surface area contributed by atoms with E-state index in [-0.39, 0.29) is 33.8 Å². The summed E-state index contributed by atoms with van der Waals surface area (Å²) in [5, 5.41) is 5.62. The van der Waals surface area contributed by atoms with Crippen molar-refractivity contribution < 1.29 is 23.5 Å². The minimum atomic E-state index is -0.799. The smallest absolute Gasteiger partial charge is 0.329 e. The monoisotopic (exact) mass is 547 g/mol. The van der Waals surface area contributed by atoms with Gasteiger partial charge in [-0.25, -0.2) is 14.1 Å². The summed E-state index contributed by atoms with van der Waals surface area (Å²) >= 11 is 18.8. The number of para-hydroxylation sites is 1. The van der Waals surface area contributed by atoms with Gasteiger partial charge in [-0.1, -0.05) is 65.1 Å². The Morgan fingerprint density at radius 1 is 1.00 bits per heavy atom. The van der Waals surface area contributed by atoms with Crippen LogP contribution in [-0.4, -0.2) is 29.3 Å². The lowest BCUT2D eigenvalue weighted by Gasteiger charge is -2.12. The Balaban J connectivity index is 1.45. The van der Waals surface area contributed by atoms with E-state index in [1.807, 2.05) is 6.07 Å². The van der Waals surface area contributed by atoms with E-state index in [1.54, 1.807) is 18.2 Å². The summed E-state index contributed by atoms with van der Waals surface area (Å²) in [6, 6.07) is 14.9. The number of amides is 4. The van der Waals surface area contributed by atoms with Crippen molar-refractivity contribution in [2.75, 3.05) is 11.9 Å². The summed E-state index contributed by atoms with van der Waals surface area (Å²) in [6.07, 6.45) is 1.37. The second kappa shape index (κ2) is 11.0. The van der Waals surface area contributed by atoms with Gasteiger partial charge in [0.1, 0.15) is 24.7 Å². The molecule has 1 saturated heterocycles. The minimum Gasteiger partial charge on any atom is -0.486 e. The molecule has 0 aromatic heterocycles. The first-order valence-electron chi connectivity index (χ1n) is 10.5. The topological polar surface area (TPSA) is 87.7 Å². The quantitative estimate of drug-likeness (QED) is 0.284. The lowest BCUT2D eigenvalue weighted by atomic mass is 10.1. The van der Waals surface area contributed by atoms with Gasteiger partial charge in [0.2, 0.25) is 5.91 Å². The van der Waals surface area contributed by atoms with Gasteiger partial charge in [0, 0.05) is 10.6 Å². The first-order valence-corrected chi connectivity index (χ1v) is 11.6. The fraction of sp³-hybridized carbons (Fsp3) is 0.0800. The Kier molecular flexibility index (Phi) is 7.79. The summed E-state index contributed by atoms with van der Waals surface area (Å²) in [4.78, 5) is 38.0. The largest absolute Gasteiger partial charge is 0.486 e. The molecule has 0 radical (unpaired) electrons. The van der Waals surface area contributed by atoms with Gasteiger partial charge in [0.25, 0.3) is 5.91 Å². The highest BCUT2D eigenvalue weighted by Crippen LogP contribution is 2.36. The van der Waals surface area contributed by atoms with Gasteiger partial charge in [-0.2, -0.15) is 0 Å². The van der Waals surface area contributed by atoms with Crippen molar-refractivity contribution >= 4 is 64.4 Å². The first kappa shape index (κ1) is 25.5. The minimum absolute atomic E-state index is 0.0635. The van der Waals surface area contributed by atoms with Crippen molar-refractivity contribution in [1.29, 1.82) is 0 Å². The van der Waals surface area contributed by atoms with Crippen LogP contribution in [-0.2, 0) is 16.2 Å². The highest BCUT2D eigenvalue weighted by molar-refractivity contribution is 6.37. The fourth-order valence-corrected chi connectivity index (χ4v) is 4.15. The van der Waals surface area contributed by atoms with E-state index >= 15 is 0 Å². The fourth-order valence-electron chi connectivity index (χ4n) is 3.34. The van der Waals surface area contributed by atoms with Crippen LogP contribution in [0.5, 0.6) is 5.75 Å². The van der Waals surface area contributed by atoms with E-state index in [1.165, 1.54) is 42.5 Å². The predicted octanol–water partition coefficient (Wildman–Crippen LogP) is 5.90. The molecule has 3 aromatic carbocycles. The van der Waals surface area contributed by atoms with Crippen molar-refractivity contribution in [2.45, 2.75) is 6.61 Å². The molecule has 1 fully saturated rings. The maximum Gasteiger partial charge on any atom is 0.329 e. The van der Waals surface area contributed by atoms with Gasteiger partial charge < -0.3 is 15.4 Å². The number of benzene rings is 3. The van der Waals surface area contributed by atoms with Crippen LogP contribution in [0.4, 0.5) is 14.9 Å². The number of carbonyl (C=O) groups excluding carboxylic acids is 3. The number of urea groups is 1. The van der Waals surface area contributed by atoms with Gasteiger partial charge in [0.15, 0.2) is 5.75 Å². The molecule has 11 heteroatoms. The number of hydrogen-bond donors (Lipinski definition) is 2. The van der Waals surface area contributed by atoms with Crippen LogP contribution in [0.1, 0.15) is 11.1 Å². The molecule has 1 aliphatic rings. The normalized spacial score (nSPS) is 14.2. The Labute approximate surface area is 220 Å². The number of imide groups is 1. The van der Waals surface area contributed by atoms with Crippen LogP contribution in [0.3, 0.4) is 0 Å². The van der Waals surface area contributed by atoms with Gasteiger partial charge in [-0.05, 0) is 42.0 Å². The lowest BCUT2D eigenvalue weighted by Crippen LogP contribution is -2.38. The Morgan fingerprint density at radius 3 is 2.36 bits per heavy atom. The zero-order valence-electron chi connectivity index (χ0n) is 18.4. The Bertz CT molecular complexity index is 1370. The molecule has 1 heterocycles. The van der Waals surface area contributed by atoms with Crippen LogP contribution in [0.25, 0.3) is 6.08 Å². The zero-order chi connectivity index (χ0) is 25.8. The number of rotatable bonds is 7. The summed E-state index contributed by atoms with van der Waals surface area (Å²) in [7, 11) is 0. The third-order valence-corrected chi connectivity index (χ3v) is 6.00. The van der Waals surface area contributed by atoms with Crippen LogP contribution in [0.2, 0.25) is 15.1 Å². The Morgan fingerprint density at radius 2 is 1.67 bits per heavy atom. The molecular formula is C25H17Cl3FN3O4. The molecule has 1 aliphatic heterocycles. The third-order valence-electron chi connectivity index (χ3n) is 5.07. The van der Waals surface area contributed by atoms with Gasteiger partial charge >= 0.3 is 6.03 Å². The number of ether oxygens (including phenoxy) is 1. The molecule has 0 spiro atoms. The molecule has 4 rings (SSSR count). The van der Waals surface area contributed by atoms with E-state index in [0.717, 1.165) is 5.56 Å². The molecular weight excluding hydrogens is 532 g/mol. The second-order valence-corrected chi connectivity index (χ2v) is 8.82. The molecule has 3 aromatic rings. The first-order chi connectivity index (χ1) is 17.2. The third kappa shape index (κ3) is 5.79. The number of halogens is 4. The van der Waals surface area contributed by atoms with Gasteiger partial charge in [-0.3, -0.25) is 9.59 Å². The van der Waals surface area contributed by atoms with E-state index < -0.39 is 30.2 Å². The van der Waals surface area contributed by atoms with E-state index in [9.17, 15) is 18.8 Å². The summed E-state index contributed by atoms with van der Waals surface area (Å²) < 4.78 is 19.5. The number of nitrogens with zero attached hydrogens (tertiary/aromatic N) is 1. The van der Waals surface area contributed by atoms with Crippen LogP contribution < -0.4 is 15.4 Å². The van der Waals surface area contributed by atoms with Gasteiger partial charge in [0.05, 0.1) is 15.7 Å². The molecule has 4 amide bonds. The van der Waals surface area contributed by atoms with E-state index in [2.05, 4.69) is 10.6 Å². The average Bonchev–Trinajstić information content (AvgIpc) is 3.08. The predicted molar refractivity (Wildman–Crippen MR) is 135 cm³/mol. The zero-order valence-corrected chi connectivity index (χ0v) is 20.6. The maximum atomic E-state index is 13.7. The van der Waals surface area contributed by atoms with E-state index in [0.29, 0.717) is 15.5 Å². The molecule has 0 bridgehead atoms. The number of anilines is 1. The van der Waals surface area contributed by atoms with Crippen molar-refractivity contribution in [3.63, 3.8) is 0 Å². The molecule has 0 unspecified atom stereocenters. The molecule has 2 N–H and O–H groups in total. The number of hydrogen-bond acceptors (Lipinski definition) is 4. The summed E-state index contributed by atoms with van der Waals surface area (Å²) in [5.74, 6) is -1.89. The molecule has 0 aliphatic carbocycles. The Hall–Kier alpha value is -3.59. The maximum absolute atomic E-state index is 13.7. The van der Waals surface area contributed by atoms with Crippen LogP contribution in [0, 0.1) is 5.82 Å². The standard InChI is InChI=1S/C25H17Cl3FN3O4/c26-16-6-2-1-5-15(16)13-36-23-17(27)9-14(10-18(23)28)11-21-24(34)32(25(35)31-21)12-22(33)30-20-8-4-3-7-19(20)29/h1-11H,12-13H2,(H,30,33)(H,31,35)/b21-11+. The summed E-state index contributed by atoms with van der Waals surface area (Å²) in [6.45, 7) is -0.468. The lowest BCUT2D eigenvalue weighted by molar-refractivity contribution is -0.127. The summed E-state index contributed by atoms with van der Waals surface area (Å²) in [5.41, 5.74) is 1.01. The van der Waals surface area contributed by atoms with Crippen LogP contribution >= 0.6 is 34.8 Å². The highest BCUT2D eigenvalue weighted by atomic mass is 35.5. The second-order valence-electron chi connectivity index (χ2n) is 7.60.